The molecule has 3 rings (SSSR count). The molecule has 5 heteroatoms. The molecule has 2 aliphatic heterocycles. The Hall–Kier alpha value is -1.59. The van der Waals surface area contributed by atoms with Crippen molar-refractivity contribution in [3.05, 3.63) is 23.3 Å². The highest BCUT2D eigenvalue weighted by atomic mass is 16.6. The van der Waals surface area contributed by atoms with Crippen LogP contribution in [-0.2, 0) is 20.7 Å². The Kier molecular flexibility index (Phi) is 3.16. The molecule has 1 aromatic rings. The monoisotopic (exact) mass is 262 g/mol. The van der Waals surface area contributed by atoms with Gasteiger partial charge in [-0.05, 0) is 30.5 Å². The number of carbonyl (C=O) groups excluding carboxylic acids is 1. The molecule has 1 atom stereocenters. The molecular formula is C14H18N2O3. The predicted molar refractivity (Wildman–Crippen MR) is 72.2 cm³/mol. The van der Waals surface area contributed by atoms with Gasteiger partial charge in [0.25, 0.3) is 5.91 Å². The van der Waals surface area contributed by atoms with Crippen molar-refractivity contribution in [3.63, 3.8) is 0 Å². The van der Waals surface area contributed by atoms with E-state index >= 15 is 0 Å². The lowest BCUT2D eigenvalue weighted by Gasteiger charge is -2.27. The lowest BCUT2D eigenvalue weighted by molar-refractivity contribution is -0.144. The van der Waals surface area contributed by atoms with Crippen molar-refractivity contribution >= 4 is 17.3 Å². The van der Waals surface area contributed by atoms with Crippen LogP contribution in [0, 0.1) is 6.92 Å². The van der Waals surface area contributed by atoms with Crippen LogP contribution in [0.15, 0.2) is 12.1 Å². The molecule has 2 heterocycles. The van der Waals surface area contributed by atoms with Gasteiger partial charge in [-0.25, -0.2) is 0 Å². The first-order valence-corrected chi connectivity index (χ1v) is 6.56. The molecule has 0 bridgehead atoms. The number of aryl methyl sites for hydroxylation is 1. The fourth-order valence-corrected chi connectivity index (χ4v) is 2.61. The van der Waals surface area contributed by atoms with Crippen LogP contribution in [0.3, 0.4) is 0 Å². The van der Waals surface area contributed by atoms with Crippen LogP contribution >= 0.6 is 0 Å². The minimum atomic E-state index is -0.484. The first-order chi connectivity index (χ1) is 9.16. The maximum Gasteiger partial charge on any atom is 0.258 e. The Morgan fingerprint density at radius 2 is 2.26 bits per heavy atom. The van der Waals surface area contributed by atoms with E-state index < -0.39 is 6.10 Å². The first-order valence-electron chi connectivity index (χ1n) is 6.56. The van der Waals surface area contributed by atoms with E-state index in [1.54, 1.807) is 4.90 Å². The molecule has 102 valence electrons. The van der Waals surface area contributed by atoms with Crippen molar-refractivity contribution in [2.45, 2.75) is 19.4 Å². The van der Waals surface area contributed by atoms with Crippen molar-refractivity contribution in [1.29, 1.82) is 0 Å². The Labute approximate surface area is 112 Å². The van der Waals surface area contributed by atoms with E-state index in [2.05, 4.69) is 6.07 Å². The van der Waals surface area contributed by atoms with Gasteiger partial charge in [0.1, 0.15) is 0 Å². The third-order valence-corrected chi connectivity index (χ3v) is 3.72. The molecule has 1 saturated heterocycles. The lowest BCUT2D eigenvalue weighted by Crippen LogP contribution is -2.44. The normalized spacial score (nSPS) is 22.4. The zero-order valence-corrected chi connectivity index (χ0v) is 11.0. The van der Waals surface area contributed by atoms with Crippen molar-refractivity contribution in [2.24, 2.45) is 0 Å². The molecule has 0 saturated carbocycles. The predicted octanol–water partition coefficient (Wildman–Crippen LogP) is 0.882. The zero-order valence-electron chi connectivity index (χ0n) is 11.0. The number of fused-ring (bicyclic) bond motifs is 1. The fourth-order valence-electron chi connectivity index (χ4n) is 2.61. The summed E-state index contributed by atoms with van der Waals surface area (Å²) in [6, 6.07) is 3.95. The Morgan fingerprint density at radius 3 is 3.00 bits per heavy atom. The summed E-state index contributed by atoms with van der Waals surface area (Å²) in [6.07, 6.45) is 0.387. The third kappa shape index (κ3) is 2.19. The van der Waals surface area contributed by atoms with Crippen molar-refractivity contribution in [3.8, 4) is 0 Å². The quantitative estimate of drug-likeness (QED) is 0.763. The van der Waals surface area contributed by atoms with Crippen LogP contribution < -0.4 is 10.6 Å². The summed E-state index contributed by atoms with van der Waals surface area (Å²) in [6.45, 7) is 4.06. The van der Waals surface area contributed by atoms with E-state index in [1.165, 1.54) is 5.56 Å². The number of ether oxygens (including phenoxy) is 2. The van der Waals surface area contributed by atoms with Gasteiger partial charge in [-0.1, -0.05) is 6.07 Å². The number of carbonyl (C=O) groups is 1. The van der Waals surface area contributed by atoms with Crippen LogP contribution in [0.25, 0.3) is 0 Å². The van der Waals surface area contributed by atoms with Crippen LogP contribution in [0.4, 0.5) is 11.4 Å². The second-order valence-electron chi connectivity index (χ2n) is 5.01. The Morgan fingerprint density at radius 1 is 1.42 bits per heavy atom. The minimum Gasteiger partial charge on any atom is -0.398 e. The lowest BCUT2D eigenvalue weighted by atomic mass is 10.1. The number of amides is 1. The summed E-state index contributed by atoms with van der Waals surface area (Å²) in [7, 11) is 0. The Bertz CT molecular complexity index is 510. The average Bonchev–Trinajstić information content (AvgIpc) is 2.82. The van der Waals surface area contributed by atoms with Gasteiger partial charge in [-0.2, -0.15) is 0 Å². The topological polar surface area (TPSA) is 64.8 Å². The smallest absolute Gasteiger partial charge is 0.258 e. The van der Waals surface area contributed by atoms with Gasteiger partial charge in [0.15, 0.2) is 6.10 Å². The molecule has 1 amide bonds. The van der Waals surface area contributed by atoms with Gasteiger partial charge in [-0.15, -0.1) is 0 Å². The van der Waals surface area contributed by atoms with Gasteiger partial charge in [0, 0.05) is 17.9 Å². The summed E-state index contributed by atoms with van der Waals surface area (Å²) >= 11 is 0. The van der Waals surface area contributed by atoms with E-state index in [9.17, 15) is 4.79 Å². The summed E-state index contributed by atoms with van der Waals surface area (Å²) in [5, 5.41) is 0. The highest BCUT2D eigenvalue weighted by Gasteiger charge is 2.32. The molecule has 1 aromatic carbocycles. The van der Waals surface area contributed by atoms with Crippen molar-refractivity contribution in [1.82, 2.24) is 0 Å². The van der Waals surface area contributed by atoms with E-state index in [1.807, 2.05) is 13.0 Å². The second kappa shape index (κ2) is 4.83. The fraction of sp³-hybridized carbons (Fsp3) is 0.500. The maximum atomic E-state index is 12.4. The molecule has 1 unspecified atom stereocenters. The molecule has 1 fully saturated rings. The molecular weight excluding hydrogens is 244 g/mol. The van der Waals surface area contributed by atoms with Gasteiger partial charge in [-0.3, -0.25) is 4.79 Å². The van der Waals surface area contributed by atoms with E-state index in [4.69, 9.17) is 15.2 Å². The maximum absolute atomic E-state index is 12.4. The summed E-state index contributed by atoms with van der Waals surface area (Å²) in [5.74, 6) is -0.0262. The molecule has 0 radical (unpaired) electrons. The first kappa shape index (κ1) is 12.4. The molecule has 0 spiro atoms. The molecule has 2 aliphatic rings. The molecule has 0 aromatic heterocycles. The summed E-state index contributed by atoms with van der Waals surface area (Å²) in [5.41, 5.74) is 9.82. The largest absolute Gasteiger partial charge is 0.398 e. The van der Waals surface area contributed by atoms with Gasteiger partial charge >= 0.3 is 0 Å². The third-order valence-electron chi connectivity index (χ3n) is 3.72. The van der Waals surface area contributed by atoms with E-state index in [0.717, 1.165) is 23.4 Å². The SMILES string of the molecule is Cc1cc2c(cc1N)N(C(=O)C1COCCO1)CC2. The number of nitrogens with two attached hydrogens (primary N) is 1. The van der Waals surface area contributed by atoms with Crippen LogP contribution in [0.2, 0.25) is 0 Å². The molecule has 0 aliphatic carbocycles. The zero-order chi connectivity index (χ0) is 13.4. The minimum absolute atomic E-state index is 0.0262. The van der Waals surface area contributed by atoms with Crippen molar-refractivity contribution < 1.29 is 14.3 Å². The van der Waals surface area contributed by atoms with Gasteiger partial charge < -0.3 is 20.1 Å². The Balaban J connectivity index is 1.85. The van der Waals surface area contributed by atoms with Crippen LogP contribution in [-0.4, -0.2) is 38.4 Å². The highest BCUT2D eigenvalue weighted by molar-refractivity contribution is 5.99. The molecule has 2 N–H and O–H groups in total. The second-order valence-corrected chi connectivity index (χ2v) is 5.01. The van der Waals surface area contributed by atoms with Gasteiger partial charge in [0.05, 0.1) is 19.8 Å². The van der Waals surface area contributed by atoms with Crippen LogP contribution in [0.5, 0.6) is 0 Å². The number of rotatable bonds is 1. The number of anilines is 2. The van der Waals surface area contributed by atoms with Gasteiger partial charge in [0.2, 0.25) is 0 Å². The number of hydrogen-bond donors (Lipinski definition) is 1. The number of nitrogen functional groups attached to an aromatic ring is 1. The summed E-state index contributed by atoms with van der Waals surface area (Å²) in [4.78, 5) is 14.2. The molecule has 5 nitrogen and oxygen atoms in total. The van der Waals surface area contributed by atoms with E-state index in [-0.39, 0.29) is 5.91 Å². The average molecular weight is 262 g/mol. The number of benzene rings is 1. The van der Waals surface area contributed by atoms with Crippen molar-refractivity contribution in [2.75, 3.05) is 37.0 Å². The number of hydrogen-bond acceptors (Lipinski definition) is 4. The van der Waals surface area contributed by atoms with E-state index in [0.29, 0.717) is 26.4 Å². The molecule has 19 heavy (non-hydrogen) atoms. The number of nitrogens with zero attached hydrogens (tertiary/aromatic N) is 1. The van der Waals surface area contributed by atoms with Crippen LogP contribution in [0.1, 0.15) is 11.1 Å². The highest BCUT2D eigenvalue weighted by Crippen LogP contribution is 2.32. The summed E-state index contributed by atoms with van der Waals surface area (Å²) < 4.78 is 10.8. The standard InChI is InChI=1S/C14H18N2O3/c1-9-6-10-2-3-16(12(10)7-11(9)15)14(17)13-8-18-4-5-19-13/h6-7,13H,2-5,8,15H2,1H3.